The molecule has 2 aromatic rings. The number of hydrogen-bond donors (Lipinski definition) is 2. The zero-order valence-corrected chi connectivity index (χ0v) is 17.4. The SMILES string of the molecule is CCn1cc(C(O)NCC2CCCCCC2)c2c(Br)cc(Br)cc21. The number of aromatic nitrogens is 1. The summed E-state index contributed by atoms with van der Waals surface area (Å²) in [5.74, 6) is 0.694. The van der Waals surface area contributed by atoms with E-state index >= 15 is 0 Å². The minimum Gasteiger partial charge on any atom is -0.374 e. The monoisotopic (exact) mass is 456 g/mol. The Morgan fingerprint density at radius 1 is 1.21 bits per heavy atom. The summed E-state index contributed by atoms with van der Waals surface area (Å²) in [6.07, 6.45) is 9.41. The highest BCUT2D eigenvalue weighted by atomic mass is 79.9. The maximum atomic E-state index is 10.8. The number of halogens is 2. The van der Waals surface area contributed by atoms with Gasteiger partial charge in [-0.3, -0.25) is 5.32 Å². The van der Waals surface area contributed by atoms with Gasteiger partial charge in [0.05, 0.1) is 5.52 Å². The van der Waals surface area contributed by atoms with E-state index in [1.165, 1.54) is 38.5 Å². The van der Waals surface area contributed by atoms with Crippen LogP contribution in [0, 0.1) is 5.92 Å². The number of hydrogen-bond acceptors (Lipinski definition) is 2. The molecule has 1 atom stereocenters. The molecule has 1 saturated carbocycles. The van der Waals surface area contributed by atoms with Crippen molar-refractivity contribution in [2.45, 2.75) is 58.2 Å². The van der Waals surface area contributed by atoms with E-state index in [0.717, 1.165) is 38.5 Å². The Hall–Kier alpha value is -0.360. The fourth-order valence-electron chi connectivity index (χ4n) is 3.80. The quantitative estimate of drug-likeness (QED) is 0.443. The standard InChI is InChI=1S/C19H26Br2N2O/c1-2-23-12-15(18-16(21)9-14(20)10-17(18)23)19(24)22-11-13-7-5-3-4-6-8-13/h9-10,12-13,19,22,24H,2-8,11H2,1H3. The minimum absolute atomic E-state index is 0.624. The van der Waals surface area contributed by atoms with Crippen molar-refractivity contribution in [3.63, 3.8) is 0 Å². The molecule has 0 saturated heterocycles. The highest BCUT2D eigenvalue weighted by Gasteiger charge is 2.20. The molecule has 24 heavy (non-hydrogen) atoms. The number of fused-ring (bicyclic) bond motifs is 1. The van der Waals surface area contributed by atoms with Crippen LogP contribution in [0.2, 0.25) is 0 Å². The van der Waals surface area contributed by atoms with Crippen LogP contribution in [0.25, 0.3) is 10.9 Å². The Morgan fingerprint density at radius 3 is 2.58 bits per heavy atom. The molecule has 5 heteroatoms. The molecule has 1 aliphatic rings. The molecule has 1 aromatic heterocycles. The van der Waals surface area contributed by atoms with E-state index in [9.17, 15) is 5.11 Å². The Labute approximate surface area is 161 Å². The van der Waals surface area contributed by atoms with Gasteiger partial charge in [-0.05, 0) is 37.8 Å². The third-order valence-corrected chi connectivity index (χ3v) is 6.22. The molecule has 1 heterocycles. The fourth-order valence-corrected chi connectivity index (χ4v) is 5.23. The van der Waals surface area contributed by atoms with Crippen LogP contribution in [0.15, 0.2) is 27.3 Å². The van der Waals surface area contributed by atoms with Gasteiger partial charge >= 0.3 is 0 Å². The summed E-state index contributed by atoms with van der Waals surface area (Å²) < 4.78 is 4.25. The smallest absolute Gasteiger partial charge is 0.133 e. The molecule has 2 N–H and O–H groups in total. The average Bonchev–Trinajstić information content (AvgIpc) is 2.74. The molecular formula is C19H26Br2N2O. The van der Waals surface area contributed by atoms with Crippen molar-refractivity contribution < 1.29 is 5.11 Å². The third-order valence-electron chi connectivity index (χ3n) is 5.14. The molecule has 3 nitrogen and oxygen atoms in total. The van der Waals surface area contributed by atoms with E-state index in [1.807, 2.05) is 6.07 Å². The molecule has 1 aromatic carbocycles. The second-order valence-corrected chi connectivity index (χ2v) is 8.59. The van der Waals surface area contributed by atoms with Crippen molar-refractivity contribution in [3.05, 3.63) is 32.8 Å². The highest BCUT2D eigenvalue weighted by Crippen LogP contribution is 2.35. The molecule has 0 bridgehead atoms. The Bertz CT molecular complexity index is 690. The first kappa shape index (κ1) is 18.4. The molecule has 1 aliphatic carbocycles. The van der Waals surface area contributed by atoms with Gasteiger partial charge in [-0.25, -0.2) is 0 Å². The summed E-state index contributed by atoms with van der Waals surface area (Å²) in [4.78, 5) is 0. The van der Waals surface area contributed by atoms with Crippen LogP contribution < -0.4 is 5.32 Å². The van der Waals surface area contributed by atoms with Crippen LogP contribution >= 0.6 is 31.9 Å². The van der Waals surface area contributed by atoms with Crippen LogP contribution in [0.4, 0.5) is 0 Å². The lowest BCUT2D eigenvalue weighted by Crippen LogP contribution is -2.27. The third kappa shape index (κ3) is 4.06. The number of aliphatic hydroxyl groups excluding tert-OH is 1. The zero-order chi connectivity index (χ0) is 17.1. The van der Waals surface area contributed by atoms with Crippen LogP contribution in [0.1, 0.15) is 57.2 Å². The minimum atomic E-state index is -0.624. The first-order valence-electron chi connectivity index (χ1n) is 8.99. The molecule has 132 valence electrons. The summed E-state index contributed by atoms with van der Waals surface area (Å²) in [6.45, 7) is 3.91. The summed E-state index contributed by atoms with van der Waals surface area (Å²) in [5.41, 5.74) is 2.10. The molecular weight excluding hydrogens is 432 g/mol. The molecule has 0 amide bonds. The Balaban J connectivity index is 1.80. The molecule has 0 aliphatic heterocycles. The number of aliphatic hydroxyl groups is 1. The van der Waals surface area contributed by atoms with E-state index in [4.69, 9.17) is 0 Å². The van der Waals surface area contributed by atoms with Gasteiger partial charge in [-0.1, -0.05) is 57.5 Å². The summed E-state index contributed by atoms with van der Waals surface area (Å²) >= 11 is 7.23. The van der Waals surface area contributed by atoms with Crippen molar-refractivity contribution in [2.24, 2.45) is 5.92 Å². The van der Waals surface area contributed by atoms with Crippen molar-refractivity contribution >= 4 is 42.8 Å². The van der Waals surface area contributed by atoms with Crippen LogP contribution in [-0.2, 0) is 6.54 Å². The van der Waals surface area contributed by atoms with Gasteiger partial charge in [0, 0.05) is 39.2 Å². The van der Waals surface area contributed by atoms with Gasteiger partial charge in [0.25, 0.3) is 0 Å². The van der Waals surface area contributed by atoms with E-state index in [0.29, 0.717) is 5.92 Å². The molecule has 0 radical (unpaired) electrons. The largest absolute Gasteiger partial charge is 0.374 e. The van der Waals surface area contributed by atoms with Gasteiger partial charge in [-0.15, -0.1) is 0 Å². The van der Waals surface area contributed by atoms with Crippen molar-refractivity contribution in [1.82, 2.24) is 9.88 Å². The van der Waals surface area contributed by atoms with Gasteiger partial charge in [-0.2, -0.15) is 0 Å². The Kier molecular flexibility index (Phi) is 6.41. The van der Waals surface area contributed by atoms with Gasteiger partial charge < -0.3 is 9.67 Å². The normalized spacial score (nSPS) is 18.0. The lowest BCUT2D eigenvalue weighted by atomic mass is 10.0. The van der Waals surface area contributed by atoms with Crippen LogP contribution in [0.5, 0.6) is 0 Å². The average molecular weight is 458 g/mol. The number of aryl methyl sites for hydroxylation is 1. The van der Waals surface area contributed by atoms with Gasteiger partial charge in [0.15, 0.2) is 0 Å². The zero-order valence-electron chi connectivity index (χ0n) is 14.2. The molecule has 0 spiro atoms. The number of rotatable bonds is 5. The predicted octanol–water partition coefficient (Wildman–Crippen LogP) is 5.74. The Morgan fingerprint density at radius 2 is 1.92 bits per heavy atom. The summed E-state index contributed by atoms with van der Waals surface area (Å²) in [7, 11) is 0. The molecule has 1 fully saturated rings. The molecule has 3 rings (SSSR count). The first-order valence-corrected chi connectivity index (χ1v) is 10.6. The summed E-state index contributed by atoms with van der Waals surface area (Å²) in [5, 5.41) is 15.2. The van der Waals surface area contributed by atoms with Crippen molar-refractivity contribution in [3.8, 4) is 0 Å². The van der Waals surface area contributed by atoms with E-state index in [-0.39, 0.29) is 0 Å². The fraction of sp³-hybridized carbons (Fsp3) is 0.579. The van der Waals surface area contributed by atoms with Crippen molar-refractivity contribution in [2.75, 3.05) is 6.54 Å². The van der Waals surface area contributed by atoms with Crippen LogP contribution in [0.3, 0.4) is 0 Å². The maximum Gasteiger partial charge on any atom is 0.133 e. The lowest BCUT2D eigenvalue weighted by Gasteiger charge is -2.18. The number of nitrogens with zero attached hydrogens (tertiary/aromatic N) is 1. The number of nitrogens with one attached hydrogen (secondary N) is 1. The second-order valence-electron chi connectivity index (χ2n) is 6.82. The van der Waals surface area contributed by atoms with Gasteiger partial charge in [0.1, 0.15) is 6.23 Å². The first-order chi connectivity index (χ1) is 11.6. The maximum absolute atomic E-state index is 10.8. The predicted molar refractivity (Wildman–Crippen MR) is 107 cm³/mol. The van der Waals surface area contributed by atoms with E-state index in [2.05, 4.69) is 60.9 Å². The van der Waals surface area contributed by atoms with Crippen molar-refractivity contribution in [1.29, 1.82) is 0 Å². The molecule has 1 unspecified atom stereocenters. The summed E-state index contributed by atoms with van der Waals surface area (Å²) in [6, 6.07) is 4.16. The van der Waals surface area contributed by atoms with Crippen LogP contribution in [-0.4, -0.2) is 16.2 Å². The second kappa shape index (κ2) is 8.35. The van der Waals surface area contributed by atoms with Gasteiger partial charge in [0.2, 0.25) is 0 Å². The number of benzene rings is 1. The topological polar surface area (TPSA) is 37.2 Å². The van der Waals surface area contributed by atoms with E-state index < -0.39 is 6.23 Å². The highest BCUT2D eigenvalue weighted by molar-refractivity contribution is 9.11. The van der Waals surface area contributed by atoms with E-state index in [1.54, 1.807) is 0 Å². The lowest BCUT2D eigenvalue weighted by molar-refractivity contribution is 0.132.